The molecule has 2 aliphatic heterocycles. The number of hydrogen-bond donors (Lipinski definition) is 2. The Kier molecular flexibility index (Phi) is 8.61. The molecule has 2 saturated heterocycles. The Labute approximate surface area is 268 Å². The van der Waals surface area contributed by atoms with Gasteiger partial charge >= 0.3 is 6.18 Å². The summed E-state index contributed by atoms with van der Waals surface area (Å²) in [5.41, 5.74) is 6.08. The van der Waals surface area contributed by atoms with E-state index >= 15 is 4.39 Å². The lowest BCUT2D eigenvalue weighted by molar-refractivity contribution is -0.138. The van der Waals surface area contributed by atoms with Crippen LogP contribution in [0.25, 0.3) is 16.8 Å². The number of likely N-dealkylation sites (tertiary alicyclic amines) is 2. The molecule has 2 atom stereocenters. The number of nitrogens with one attached hydrogen (secondary N) is 1. The molecule has 0 radical (unpaired) electrons. The number of pyridine rings is 2. The highest BCUT2D eigenvalue weighted by Gasteiger charge is 2.41. The number of halogens is 6. The monoisotopic (exact) mass is 677 g/mol. The summed E-state index contributed by atoms with van der Waals surface area (Å²) in [7, 11) is 1.28. The number of hydrogen-bond acceptors (Lipinski definition) is 9. The zero-order valence-electron chi connectivity index (χ0n) is 25.3. The van der Waals surface area contributed by atoms with Gasteiger partial charge in [-0.05, 0) is 23.8 Å². The van der Waals surface area contributed by atoms with Crippen molar-refractivity contribution < 1.29 is 40.7 Å². The number of nitrogens with two attached hydrogens (primary N) is 1. The maximum absolute atomic E-state index is 15.1. The molecule has 0 aromatic carbocycles. The van der Waals surface area contributed by atoms with E-state index in [0.717, 1.165) is 17.3 Å². The van der Waals surface area contributed by atoms with Crippen LogP contribution in [-0.4, -0.2) is 97.6 Å². The number of ether oxygens (including phenoxy) is 1. The fraction of sp³-hybridized carbons (Fsp3) is 0.400. The predicted octanol–water partition coefficient (Wildman–Crippen LogP) is 3.62. The third-order valence-electron chi connectivity index (χ3n) is 8.44. The van der Waals surface area contributed by atoms with Gasteiger partial charge in [-0.3, -0.25) is 19.5 Å². The third kappa shape index (κ3) is 6.43. The van der Waals surface area contributed by atoms with Crippen LogP contribution in [-0.2, 0) is 12.7 Å². The SMILES string of the molecule is COc1ncc(-c2cc(CN3CCC(F)(F)CC3)c3c(N)ncnn23)cc1C(=O)N[C@@H]1CN(C(=O)c2cnccc2C(F)(F)F)C[C@@H]1F. The van der Waals surface area contributed by atoms with Gasteiger partial charge in [-0.15, -0.1) is 0 Å². The van der Waals surface area contributed by atoms with Crippen molar-refractivity contribution in [2.75, 3.05) is 39.0 Å². The summed E-state index contributed by atoms with van der Waals surface area (Å²) in [5.74, 6) is -4.57. The van der Waals surface area contributed by atoms with Crippen molar-refractivity contribution in [2.24, 2.45) is 0 Å². The van der Waals surface area contributed by atoms with Crippen molar-refractivity contribution in [3.8, 4) is 17.1 Å². The van der Waals surface area contributed by atoms with Crippen LogP contribution in [0.2, 0.25) is 0 Å². The minimum Gasteiger partial charge on any atom is -0.480 e. The highest BCUT2D eigenvalue weighted by molar-refractivity contribution is 5.98. The number of fused-ring (bicyclic) bond motifs is 1. The molecule has 6 heterocycles. The zero-order valence-corrected chi connectivity index (χ0v) is 25.3. The van der Waals surface area contributed by atoms with Gasteiger partial charge < -0.3 is 20.7 Å². The molecule has 0 bridgehead atoms. The van der Waals surface area contributed by atoms with E-state index in [2.05, 4.69) is 25.4 Å². The number of anilines is 1. The predicted molar refractivity (Wildman–Crippen MR) is 158 cm³/mol. The molecule has 2 fully saturated rings. The lowest BCUT2D eigenvalue weighted by Gasteiger charge is -2.31. The quantitative estimate of drug-likeness (QED) is 0.281. The van der Waals surface area contributed by atoms with Crippen molar-refractivity contribution in [3.63, 3.8) is 0 Å². The molecule has 0 saturated carbocycles. The van der Waals surface area contributed by atoms with Gasteiger partial charge in [0.05, 0.1) is 36.5 Å². The van der Waals surface area contributed by atoms with Gasteiger partial charge in [-0.2, -0.15) is 18.3 Å². The minimum absolute atomic E-state index is 0.101. The van der Waals surface area contributed by atoms with Crippen LogP contribution in [0.1, 0.15) is 44.7 Å². The maximum atomic E-state index is 15.1. The Hall–Kier alpha value is -5.00. The number of carbonyl (C=O) groups excluding carboxylic acids is 2. The summed E-state index contributed by atoms with van der Waals surface area (Å²) in [4.78, 5) is 41.1. The summed E-state index contributed by atoms with van der Waals surface area (Å²) < 4.78 is 89.9. The summed E-state index contributed by atoms with van der Waals surface area (Å²) in [6, 6.07) is 2.58. The topological polar surface area (TPSA) is 144 Å². The first kappa shape index (κ1) is 32.9. The Morgan fingerprint density at radius 3 is 2.56 bits per heavy atom. The normalized spacial score (nSPS) is 19.9. The summed E-state index contributed by atoms with van der Waals surface area (Å²) >= 11 is 0. The van der Waals surface area contributed by atoms with Crippen molar-refractivity contribution in [1.82, 2.24) is 39.7 Å². The molecular weight excluding hydrogens is 648 g/mol. The number of piperidine rings is 1. The molecule has 2 amide bonds. The summed E-state index contributed by atoms with van der Waals surface area (Å²) in [5, 5.41) is 6.81. The zero-order chi connectivity index (χ0) is 34.4. The standard InChI is InChI=1S/C30H29F6N9O3/c1-48-27-18(26(46)42-22-14-44(13-21(22)31)28(47)19-11-38-5-2-20(19)30(34,35)36)8-16(10-39-27)23-9-17(24-25(37)40-15-41-45(23)24)12-43-6-3-29(32,33)4-7-43/h2,5,8-11,15,21-22H,3-4,6-7,12-14H2,1H3,(H,42,46)(H2,37,40,41)/t21-,22+/m0/s1. The van der Waals surface area contributed by atoms with Crippen LogP contribution in [0, 0.1) is 0 Å². The van der Waals surface area contributed by atoms with E-state index in [9.17, 15) is 31.5 Å². The first-order valence-electron chi connectivity index (χ1n) is 14.8. The fourth-order valence-corrected chi connectivity index (χ4v) is 5.96. The third-order valence-corrected chi connectivity index (χ3v) is 8.44. The van der Waals surface area contributed by atoms with E-state index in [-0.39, 0.29) is 49.7 Å². The van der Waals surface area contributed by atoms with Gasteiger partial charge in [0, 0.05) is 63.2 Å². The molecule has 4 aromatic rings. The van der Waals surface area contributed by atoms with E-state index < -0.39 is 60.3 Å². The van der Waals surface area contributed by atoms with Crippen molar-refractivity contribution in [1.29, 1.82) is 0 Å². The van der Waals surface area contributed by atoms with Gasteiger partial charge in [-0.25, -0.2) is 27.7 Å². The van der Waals surface area contributed by atoms with Gasteiger partial charge in [0.1, 0.15) is 23.6 Å². The molecule has 3 N–H and O–H groups in total. The van der Waals surface area contributed by atoms with Crippen LogP contribution in [0.3, 0.4) is 0 Å². The lowest BCUT2D eigenvalue weighted by atomic mass is 10.1. The number of carbonyl (C=O) groups is 2. The molecule has 2 aliphatic rings. The number of alkyl halides is 6. The molecule has 18 heteroatoms. The van der Waals surface area contributed by atoms with Crippen molar-refractivity contribution >= 4 is 23.1 Å². The summed E-state index contributed by atoms with van der Waals surface area (Å²) in [6.45, 7) is -0.328. The number of rotatable bonds is 7. The molecular formula is C30H29F6N9O3. The van der Waals surface area contributed by atoms with Crippen LogP contribution >= 0.6 is 0 Å². The Morgan fingerprint density at radius 1 is 1.10 bits per heavy atom. The number of aromatic nitrogens is 5. The van der Waals surface area contributed by atoms with E-state index in [1.54, 1.807) is 6.07 Å². The van der Waals surface area contributed by atoms with Crippen molar-refractivity contribution in [2.45, 2.75) is 43.7 Å². The number of nitrogen functional groups attached to an aromatic ring is 1. The molecule has 48 heavy (non-hydrogen) atoms. The van der Waals surface area contributed by atoms with Gasteiger partial charge in [0.15, 0.2) is 5.82 Å². The largest absolute Gasteiger partial charge is 0.480 e. The smallest absolute Gasteiger partial charge is 0.417 e. The summed E-state index contributed by atoms with van der Waals surface area (Å²) in [6.07, 6.45) is -2.85. The second kappa shape index (κ2) is 12.6. The van der Waals surface area contributed by atoms with Crippen LogP contribution in [0.5, 0.6) is 5.88 Å². The molecule has 0 unspecified atom stereocenters. The average molecular weight is 678 g/mol. The van der Waals surface area contributed by atoms with E-state index in [4.69, 9.17) is 10.5 Å². The molecule has 254 valence electrons. The number of nitrogens with zero attached hydrogens (tertiary/aromatic N) is 7. The Balaban J connectivity index is 1.24. The molecule has 0 spiro atoms. The molecule has 6 rings (SSSR count). The molecule has 0 aliphatic carbocycles. The van der Waals surface area contributed by atoms with Crippen LogP contribution < -0.4 is 15.8 Å². The fourth-order valence-electron chi connectivity index (χ4n) is 5.96. The highest BCUT2D eigenvalue weighted by Crippen LogP contribution is 2.34. The molecule has 4 aromatic heterocycles. The Morgan fingerprint density at radius 2 is 1.85 bits per heavy atom. The highest BCUT2D eigenvalue weighted by atomic mass is 19.4. The van der Waals surface area contributed by atoms with Crippen LogP contribution in [0.4, 0.5) is 32.2 Å². The van der Waals surface area contributed by atoms with Gasteiger partial charge in [0.2, 0.25) is 5.88 Å². The first-order valence-corrected chi connectivity index (χ1v) is 14.8. The van der Waals surface area contributed by atoms with Gasteiger partial charge in [0.25, 0.3) is 17.7 Å². The lowest BCUT2D eigenvalue weighted by Crippen LogP contribution is -2.42. The average Bonchev–Trinajstić information content (AvgIpc) is 3.61. The number of methoxy groups -OCH3 is 1. The van der Waals surface area contributed by atoms with Gasteiger partial charge in [-0.1, -0.05) is 0 Å². The second-order valence-corrected chi connectivity index (χ2v) is 11.6. The first-order chi connectivity index (χ1) is 22.8. The van der Waals surface area contributed by atoms with E-state index in [0.29, 0.717) is 28.4 Å². The van der Waals surface area contributed by atoms with Crippen molar-refractivity contribution in [3.05, 3.63) is 65.4 Å². The Bertz CT molecular complexity index is 1860. The molecule has 12 nitrogen and oxygen atoms in total. The maximum Gasteiger partial charge on any atom is 0.417 e. The minimum atomic E-state index is -4.83. The second-order valence-electron chi connectivity index (χ2n) is 11.6. The van der Waals surface area contributed by atoms with Crippen LogP contribution in [0.15, 0.2) is 43.1 Å². The van der Waals surface area contributed by atoms with E-state index in [1.807, 2.05) is 4.90 Å². The van der Waals surface area contributed by atoms with E-state index in [1.165, 1.54) is 30.2 Å². The number of amides is 2.